The maximum absolute atomic E-state index is 13.5. The second-order valence-electron chi connectivity index (χ2n) is 3.41. The highest BCUT2D eigenvalue weighted by Gasteiger charge is 2.23. The van der Waals surface area contributed by atoms with Crippen LogP contribution in [0.5, 0.6) is 0 Å². The van der Waals surface area contributed by atoms with Crippen LogP contribution >= 0.6 is 0 Å². The summed E-state index contributed by atoms with van der Waals surface area (Å²) >= 11 is 0. The molecule has 1 atom stereocenters. The minimum absolute atomic E-state index is 0.474. The van der Waals surface area contributed by atoms with E-state index in [1.54, 1.807) is 12.1 Å². The molecule has 0 aliphatic carbocycles. The molecule has 1 N–H and O–H groups in total. The molecule has 0 aromatic heterocycles. The number of alkyl halides is 1. The Labute approximate surface area is 78.2 Å². The van der Waals surface area contributed by atoms with Gasteiger partial charge in [0.05, 0.1) is 6.61 Å². The third-order valence-corrected chi connectivity index (χ3v) is 2.26. The molecular formula is C11H15FO. The number of aliphatic hydroxyl groups is 1. The molecular weight excluding hydrogens is 167 g/mol. The number of halogens is 1. The van der Waals surface area contributed by atoms with E-state index in [9.17, 15) is 4.39 Å². The highest BCUT2D eigenvalue weighted by molar-refractivity contribution is 5.26. The summed E-state index contributed by atoms with van der Waals surface area (Å²) in [7, 11) is 0. The Kier molecular flexibility index (Phi) is 3.04. The number of aliphatic hydroxyl groups excluding tert-OH is 1. The van der Waals surface area contributed by atoms with Crippen molar-refractivity contribution >= 4 is 0 Å². The molecule has 0 heterocycles. The van der Waals surface area contributed by atoms with Gasteiger partial charge in [-0.1, -0.05) is 31.2 Å². The lowest BCUT2D eigenvalue weighted by molar-refractivity contribution is 0.0868. The number of hydrogen-bond acceptors (Lipinski definition) is 1. The fourth-order valence-corrected chi connectivity index (χ4v) is 1.18. The maximum Gasteiger partial charge on any atom is 0.156 e. The lowest BCUT2D eigenvalue weighted by atomic mass is 9.97. The van der Waals surface area contributed by atoms with E-state index in [0.29, 0.717) is 5.56 Å². The van der Waals surface area contributed by atoms with Crippen LogP contribution in [-0.4, -0.2) is 11.7 Å². The van der Waals surface area contributed by atoms with Crippen molar-refractivity contribution in [2.45, 2.75) is 25.9 Å². The lowest BCUT2D eigenvalue weighted by Gasteiger charge is -2.17. The third kappa shape index (κ3) is 2.28. The highest BCUT2D eigenvalue weighted by atomic mass is 19.1. The van der Waals surface area contributed by atoms with Crippen LogP contribution < -0.4 is 0 Å². The Balaban J connectivity index is 2.92. The van der Waals surface area contributed by atoms with Crippen LogP contribution in [0.4, 0.5) is 4.39 Å². The predicted octanol–water partition coefficient (Wildman–Crippen LogP) is 2.43. The quantitative estimate of drug-likeness (QED) is 0.761. The topological polar surface area (TPSA) is 20.2 Å². The van der Waals surface area contributed by atoms with Crippen LogP contribution in [0.25, 0.3) is 0 Å². The van der Waals surface area contributed by atoms with Gasteiger partial charge in [0.25, 0.3) is 0 Å². The van der Waals surface area contributed by atoms with Gasteiger partial charge in [0.1, 0.15) is 0 Å². The van der Waals surface area contributed by atoms with E-state index in [-0.39, 0.29) is 0 Å². The molecule has 0 saturated heterocycles. The van der Waals surface area contributed by atoms with E-state index >= 15 is 0 Å². The normalized spacial score (nSPS) is 15.4. The Bertz CT molecular complexity index is 264. The van der Waals surface area contributed by atoms with E-state index in [2.05, 4.69) is 6.92 Å². The van der Waals surface area contributed by atoms with Crippen LogP contribution in [0.15, 0.2) is 24.3 Å². The van der Waals surface area contributed by atoms with Gasteiger partial charge in [0.2, 0.25) is 0 Å². The van der Waals surface area contributed by atoms with Crippen molar-refractivity contribution in [1.29, 1.82) is 0 Å². The molecule has 0 aliphatic heterocycles. The molecule has 1 rings (SSSR count). The van der Waals surface area contributed by atoms with Gasteiger partial charge in [0, 0.05) is 0 Å². The monoisotopic (exact) mass is 182 g/mol. The molecule has 13 heavy (non-hydrogen) atoms. The molecule has 1 nitrogen and oxygen atoms in total. The Morgan fingerprint density at radius 1 is 1.31 bits per heavy atom. The number of hydrogen-bond donors (Lipinski definition) is 1. The largest absolute Gasteiger partial charge is 0.393 e. The molecule has 1 aromatic rings. The molecule has 0 bridgehead atoms. The Morgan fingerprint density at radius 2 is 1.85 bits per heavy atom. The molecule has 0 spiro atoms. The summed E-state index contributed by atoms with van der Waals surface area (Å²) in [5.74, 6) is 0. The van der Waals surface area contributed by atoms with E-state index < -0.39 is 12.3 Å². The molecule has 1 unspecified atom stereocenters. The first-order valence-corrected chi connectivity index (χ1v) is 4.49. The fraction of sp³-hybridized carbons (Fsp3) is 0.455. The van der Waals surface area contributed by atoms with E-state index in [1.807, 2.05) is 12.1 Å². The summed E-state index contributed by atoms with van der Waals surface area (Å²) in [6.07, 6.45) is 0.947. The Morgan fingerprint density at radius 3 is 2.23 bits per heavy atom. The fourth-order valence-electron chi connectivity index (χ4n) is 1.18. The predicted molar refractivity (Wildman–Crippen MR) is 51.4 cm³/mol. The van der Waals surface area contributed by atoms with Gasteiger partial charge in [-0.25, -0.2) is 4.39 Å². The third-order valence-electron chi connectivity index (χ3n) is 2.26. The molecule has 0 fully saturated rings. The zero-order valence-electron chi connectivity index (χ0n) is 8.05. The van der Waals surface area contributed by atoms with Crippen LogP contribution in [0, 0.1) is 0 Å². The van der Waals surface area contributed by atoms with Gasteiger partial charge >= 0.3 is 0 Å². The molecule has 2 heteroatoms. The summed E-state index contributed by atoms with van der Waals surface area (Å²) < 4.78 is 13.5. The van der Waals surface area contributed by atoms with Gasteiger partial charge in [-0.2, -0.15) is 0 Å². The van der Waals surface area contributed by atoms with Crippen LogP contribution in [0.2, 0.25) is 0 Å². The summed E-state index contributed by atoms with van der Waals surface area (Å²) in [6.45, 7) is 2.96. The second-order valence-corrected chi connectivity index (χ2v) is 3.41. The van der Waals surface area contributed by atoms with Gasteiger partial charge in [0.15, 0.2) is 5.67 Å². The molecule has 0 radical (unpaired) electrons. The first kappa shape index (κ1) is 10.2. The average Bonchev–Trinajstić information content (AvgIpc) is 2.18. The van der Waals surface area contributed by atoms with Crippen molar-refractivity contribution in [3.63, 3.8) is 0 Å². The molecule has 1 aromatic carbocycles. The van der Waals surface area contributed by atoms with E-state index in [0.717, 1.165) is 6.42 Å². The summed E-state index contributed by atoms with van der Waals surface area (Å²) in [5, 5.41) is 8.80. The summed E-state index contributed by atoms with van der Waals surface area (Å²) in [5.41, 5.74) is 0.0939. The van der Waals surface area contributed by atoms with Crippen molar-refractivity contribution in [3.05, 3.63) is 35.4 Å². The van der Waals surface area contributed by atoms with Gasteiger partial charge in [-0.3, -0.25) is 0 Å². The SMILES string of the molecule is CCc1ccc(C(C)(F)CO)cc1. The minimum Gasteiger partial charge on any atom is -0.393 e. The van der Waals surface area contributed by atoms with Gasteiger partial charge in [-0.05, 0) is 24.5 Å². The standard InChI is InChI=1S/C11H15FO/c1-3-9-4-6-10(7-5-9)11(2,12)8-13/h4-7,13H,3,8H2,1-2H3. The van der Waals surface area contributed by atoms with Crippen molar-refractivity contribution < 1.29 is 9.50 Å². The smallest absolute Gasteiger partial charge is 0.156 e. The van der Waals surface area contributed by atoms with Crippen molar-refractivity contribution in [3.8, 4) is 0 Å². The van der Waals surface area contributed by atoms with Crippen molar-refractivity contribution in [2.75, 3.05) is 6.61 Å². The molecule has 0 amide bonds. The lowest BCUT2D eigenvalue weighted by Crippen LogP contribution is -2.19. The first-order chi connectivity index (χ1) is 6.10. The average molecular weight is 182 g/mol. The molecule has 0 aliphatic rings. The van der Waals surface area contributed by atoms with E-state index in [4.69, 9.17) is 5.11 Å². The number of aryl methyl sites for hydroxylation is 1. The number of benzene rings is 1. The number of rotatable bonds is 3. The van der Waals surface area contributed by atoms with Gasteiger partial charge < -0.3 is 5.11 Å². The zero-order chi connectivity index (χ0) is 9.90. The summed E-state index contributed by atoms with van der Waals surface area (Å²) in [4.78, 5) is 0. The Hall–Kier alpha value is -0.890. The van der Waals surface area contributed by atoms with Crippen LogP contribution in [0.1, 0.15) is 25.0 Å². The maximum atomic E-state index is 13.5. The van der Waals surface area contributed by atoms with Crippen molar-refractivity contribution in [2.24, 2.45) is 0 Å². The van der Waals surface area contributed by atoms with Crippen molar-refractivity contribution in [1.82, 2.24) is 0 Å². The summed E-state index contributed by atoms with van der Waals surface area (Å²) in [6, 6.07) is 7.25. The second kappa shape index (κ2) is 3.88. The van der Waals surface area contributed by atoms with Gasteiger partial charge in [-0.15, -0.1) is 0 Å². The highest BCUT2D eigenvalue weighted by Crippen LogP contribution is 2.24. The first-order valence-electron chi connectivity index (χ1n) is 4.49. The molecule has 0 saturated carbocycles. The minimum atomic E-state index is -1.62. The zero-order valence-corrected chi connectivity index (χ0v) is 8.05. The van der Waals surface area contributed by atoms with Crippen LogP contribution in [0.3, 0.4) is 0 Å². The van der Waals surface area contributed by atoms with E-state index in [1.165, 1.54) is 12.5 Å². The molecule has 72 valence electrons. The van der Waals surface area contributed by atoms with Crippen LogP contribution in [-0.2, 0) is 12.1 Å².